The lowest BCUT2D eigenvalue weighted by atomic mass is 9.79. The maximum atomic E-state index is 13.8. The number of piperidine rings is 1. The summed E-state index contributed by atoms with van der Waals surface area (Å²) in [5.74, 6) is -3.46. The second kappa shape index (κ2) is 7.55. The van der Waals surface area contributed by atoms with Crippen LogP contribution in [0.2, 0.25) is 0 Å². The molecular weight excluding hydrogens is 380 g/mol. The fraction of sp³-hybridized carbons (Fsp3) is 0.450. The molecule has 1 aliphatic heterocycles. The van der Waals surface area contributed by atoms with E-state index in [1.165, 1.54) is 12.3 Å². The topological polar surface area (TPSA) is 98.9 Å². The van der Waals surface area contributed by atoms with Gasteiger partial charge in [-0.1, -0.05) is 6.07 Å². The quantitative estimate of drug-likeness (QED) is 0.628. The number of hydrogen-bond donors (Lipinski definition) is 4. The Morgan fingerprint density at radius 2 is 1.66 bits per heavy atom. The number of benzene rings is 1. The molecule has 1 aliphatic rings. The number of hydrogen-bond acceptors (Lipinski definition) is 4. The summed E-state index contributed by atoms with van der Waals surface area (Å²) >= 11 is 0. The van der Waals surface area contributed by atoms with E-state index in [-0.39, 0.29) is 28.5 Å². The summed E-state index contributed by atoms with van der Waals surface area (Å²) in [4.78, 5) is 25.1. The highest BCUT2D eigenvalue weighted by Gasteiger charge is 2.38. The Kier molecular flexibility index (Phi) is 5.44. The van der Waals surface area contributed by atoms with E-state index in [4.69, 9.17) is 0 Å². The van der Waals surface area contributed by atoms with Gasteiger partial charge in [0.2, 0.25) is 0 Å². The van der Waals surface area contributed by atoms with Crippen LogP contribution in [-0.2, 0) is 0 Å². The molecule has 7 nitrogen and oxygen atoms in total. The number of carbonyl (C=O) groups excluding carboxylic acids is 2. The molecular formula is C20H25F2N5O2. The lowest BCUT2D eigenvalue weighted by molar-refractivity contribution is 0.0869. The van der Waals surface area contributed by atoms with Crippen LogP contribution in [-0.4, -0.2) is 39.1 Å². The number of nitrogens with one attached hydrogen (secondary N) is 4. The third-order valence-corrected chi connectivity index (χ3v) is 4.82. The molecule has 2 heterocycles. The van der Waals surface area contributed by atoms with Crippen LogP contribution in [0.3, 0.4) is 0 Å². The number of aromatic amines is 1. The van der Waals surface area contributed by atoms with Gasteiger partial charge < -0.3 is 16.0 Å². The summed E-state index contributed by atoms with van der Waals surface area (Å²) in [6, 6.07) is 3.04. The molecule has 29 heavy (non-hydrogen) atoms. The van der Waals surface area contributed by atoms with Crippen molar-refractivity contribution in [2.24, 2.45) is 0 Å². The van der Waals surface area contributed by atoms with Crippen molar-refractivity contribution in [1.29, 1.82) is 0 Å². The molecule has 0 radical (unpaired) electrons. The molecule has 0 spiro atoms. The number of nitrogens with zero attached hydrogens (tertiary/aromatic N) is 1. The van der Waals surface area contributed by atoms with Crippen LogP contribution in [0.5, 0.6) is 0 Å². The molecule has 2 aromatic rings. The zero-order chi connectivity index (χ0) is 21.4. The Bertz CT molecular complexity index is 902. The monoisotopic (exact) mass is 405 g/mol. The normalized spacial score (nSPS) is 18.3. The minimum atomic E-state index is -1.000. The average molecular weight is 405 g/mol. The third-order valence-electron chi connectivity index (χ3n) is 4.82. The molecule has 9 heteroatoms. The third kappa shape index (κ3) is 4.79. The Hall–Kier alpha value is -2.81. The summed E-state index contributed by atoms with van der Waals surface area (Å²) in [6.45, 7) is 8.26. The number of anilines is 1. The Labute approximate surface area is 167 Å². The first-order valence-electron chi connectivity index (χ1n) is 9.37. The molecule has 0 saturated carbocycles. The van der Waals surface area contributed by atoms with Gasteiger partial charge in [0.15, 0.2) is 5.69 Å². The second-order valence-corrected chi connectivity index (χ2v) is 8.67. The van der Waals surface area contributed by atoms with Crippen LogP contribution in [0, 0.1) is 11.6 Å². The van der Waals surface area contributed by atoms with Crippen molar-refractivity contribution in [3.63, 3.8) is 0 Å². The minimum absolute atomic E-state index is 0.0441. The highest BCUT2D eigenvalue weighted by atomic mass is 19.1. The van der Waals surface area contributed by atoms with Gasteiger partial charge in [0.1, 0.15) is 17.2 Å². The maximum Gasteiger partial charge on any atom is 0.274 e. The number of rotatable bonds is 4. The van der Waals surface area contributed by atoms with Crippen molar-refractivity contribution in [2.45, 2.75) is 57.7 Å². The Morgan fingerprint density at radius 1 is 1.07 bits per heavy atom. The van der Waals surface area contributed by atoms with Crippen molar-refractivity contribution in [1.82, 2.24) is 20.8 Å². The number of H-pyrrole nitrogens is 1. The number of aromatic nitrogens is 2. The summed E-state index contributed by atoms with van der Waals surface area (Å²) in [6.07, 6.45) is 2.73. The summed E-state index contributed by atoms with van der Waals surface area (Å²) in [5, 5.41) is 15.2. The number of halogens is 2. The van der Waals surface area contributed by atoms with E-state index in [1.54, 1.807) is 0 Å². The van der Waals surface area contributed by atoms with E-state index in [2.05, 4.69) is 53.8 Å². The molecule has 1 saturated heterocycles. The van der Waals surface area contributed by atoms with Gasteiger partial charge in [-0.25, -0.2) is 8.78 Å². The fourth-order valence-electron chi connectivity index (χ4n) is 4.14. The van der Waals surface area contributed by atoms with E-state index in [0.717, 1.165) is 12.1 Å². The predicted molar refractivity (Wildman–Crippen MR) is 105 cm³/mol. The maximum absolute atomic E-state index is 13.8. The fourth-order valence-corrected chi connectivity index (χ4v) is 4.14. The SMILES string of the molecule is CC1(C)CC(NC(=O)c2n[nH]cc2NC(=O)c2c(F)cccc2F)CC(C)(C)N1. The van der Waals surface area contributed by atoms with E-state index < -0.39 is 29.0 Å². The zero-order valence-corrected chi connectivity index (χ0v) is 16.8. The molecule has 0 bridgehead atoms. The highest BCUT2D eigenvalue weighted by Crippen LogP contribution is 2.29. The lowest BCUT2D eigenvalue weighted by Crippen LogP contribution is -2.62. The van der Waals surface area contributed by atoms with Gasteiger partial charge in [0.25, 0.3) is 11.8 Å². The van der Waals surface area contributed by atoms with Crippen LogP contribution in [0.1, 0.15) is 61.4 Å². The van der Waals surface area contributed by atoms with E-state index >= 15 is 0 Å². The Balaban J connectivity index is 1.74. The van der Waals surface area contributed by atoms with Crippen molar-refractivity contribution in [3.05, 3.63) is 47.3 Å². The zero-order valence-electron chi connectivity index (χ0n) is 16.8. The molecule has 1 fully saturated rings. The van der Waals surface area contributed by atoms with Crippen molar-refractivity contribution >= 4 is 17.5 Å². The highest BCUT2D eigenvalue weighted by molar-refractivity contribution is 6.08. The van der Waals surface area contributed by atoms with Crippen LogP contribution in [0.15, 0.2) is 24.4 Å². The second-order valence-electron chi connectivity index (χ2n) is 8.67. The lowest BCUT2D eigenvalue weighted by Gasteiger charge is -2.46. The van der Waals surface area contributed by atoms with Crippen molar-refractivity contribution in [2.75, 3.05) is 5.32 Å². The molecule has 3 rings (SSSR count). The Morgan fingerprint density at radius 3 is 2.24 bits per heavy atom. The van der Waals surface area contributed by atoms with Gasteiger partial charge in [-0.3, -0.25) is 14.7 Å². The van der Waals surface area contributed by atoms with E-state index in [1.807, 2.05) is 0 Å². The number of carbonyl (C=O) groups is 2. The summed E-state index contributed by atoms with van der Waals surface area (Å²) in [5.41, 5.74) is -1.05. The van der Waals surface area contributed by atoms with Gasteiger partial charge in [-0.05, 0) is 52.7 Å². The molecule has 156 valence electrons. The minimum Gasteiger partial charge on any atom is -0.348 e. The van der Waals surface area contributed by atoms with Gasteiger partial charge >= 0.3 is 0 Å². The van der Waals surface area contributed by atoms with Crippen LogP contribution in [0.4, 0.5) is 14.5 Å². The van der Waals surface area contributed by atoms with Crippen molar-refractivity contribution < 1.29 is 18.4 Å². The van der Waals surface area contributed by atoms with Crippen LogP contribution in [0.25, 0.3) is 0 Å². The van der Waals surface area contributed by atoms with Gasteiger partial charge in [-0.2, -0.15) is 5.10 Å². The van der Waals surface area contributed by atoms with Crippen LogP contribution < -0.4 is 16.0 Å². The molecule has 0 aliphatic carbocycles. The van der Waals surface area contributed by atoms with Gasteiger partial charge in [0, 0.05) is 23.3 Å². The first-order valence-corrected chi connectivity index (χ1v) is 9.37. The van der Waals surface area contributed by atoms with E-state index in [9.17, 15) is 18.4 Å². The molecule has 4 N–H and O–H groups in total. The molecule has 0 unspecified atom stereocenters. The standard InChI is InChI=1S/C20H25F2N5O2/c1-19(2)8-11(9-20(3,4)27-19)24-18(29)16-14(10-23-26-16)25-17(28)15-12(21)6-5-7-13(15)22/h5-7,10-11,27H,8-9H2,1-4H3,(H,23,26)(H,24,29)(H,25,28). The summed E-state index contributed by atoms with van der Waals surface area (Å²) in [7, 11) is 0. The average Bonchev–Trinajstić information content (AvgIpc) is 2.99. The first kappa shape index (κ1) is 20.9. The molecule has 1 aromatic carbocycles. The van der Waals surface area contributed by atoms with Crippen LogP contribution >= 0.6 is 0 Å². The predicted octanol–water partition coefficient (Wildman–Crippen LogP) is 2.98. The van der Waals surface area contributed by atoms with Crippen molar-refractivity contribution in [3.8, 4) is 0 Å². The van der Waals surface area contributed by atoms with E-state index in [0.29, 0.717) is 12.8 Å². The first-order chi connectivity index (χ1) is 13.5. The van der Waals surface area contributed by atoms with Gasteiger partial charge in [0.05, 0.1) is 5.69 Å². The number of amides is 2. The molecule has 0 atom stereocenters. The largest absolute Gasteiger partial charge is 0.348 e. The summed E-state index contributed by atoms with van der Waals surface area (Å²) < 4.78 is 27.7. The molecule has 2 amide bonds. The molecule has 1 aromatic heterocycles. The van der Waals surface area contributed by atoms with Gasteiger partial charge in [-0.15, -0.1) is 0 Å². The smallest absolute Gasteiger partial charge is 0.274 e.